The van der Waals surface area contributed by atoms with Crippen LogP contribution in [0.2, 0.25) is 0 Å². The molecule has 12 heterocycles. The molecule has 0 bridgehead atoms. The first-order valence-corrected chi connectivity index (χ1v) is 29.5. The van der Waals surface area contributed by atoms with E-state index in [0.717, 1.165) is 111 Å². The van der Waals surface area contributed by atoms with Crippen molar-refractivity contribution in [3.05, 3.63) is 130 Å². The average Bonchev–Trinajstić information content (AvgIpc) is 2.18. The van der Waals surface area contributed by atoms with E-state index < -0.39 is 18.2 Å². The zero-order chi connectivity index (χ0) is 61.1. The molecule has 27 heteroatoms. The van der Waals surface area contributed by atoms with Gasteiger partial charge >= 0.3 is 0 Å². The van der Waals surface area contributed by atoms with E-state index in [0.29, 0.717) is 29.5 Å². The molecule has 12 rings (SSSR count). The second-order valence-electron chi connectivity index (χ2n) is 21.2. The van der Waals surface area contributed by atoms with E-state index >= 15 is 0 Å². The van der Waals surface area contributed by atoms with E-state index in [2.05, 4.69) is 87.4 Å². The highest BCUT2D eigenvalue weighted by Crippen LogP contribution is 2.32. The lowest BCUT2D eigenvalue weighted by Gasteiger charge is -2.12. The molecular formula is C60H75N21O6. The molecule has 0 aliphatic heterocycles. The fourth-order valence-electron chi connectivity index (χ4n) is 10.5. The van der Waals surface area contributed by atoms with Crippen molar-refractivity contribution in [2.45, 2.75) is 123 Å². The summed E-state index contributed by atoms with van der Waals surface area (Å²) in [5.41, 5.74) is 12.4. The van der Waals surface area contributed by atoms with Gasteiger partial charge in [0.2, 0.25) is 0 Å². The smallest absolute Gasteiger partial charge is 0.0999 e. The Morgan fingerprint density at radius 1 is 0.333 bits per heavy atom. The van der Waals surface area contributed by atoms with Crippen molar-refractivity contribution in [3.8, 4) is 67.5 Å². The van der Waals surface area contributed by atoms with Crippen LogP contribution in [0.3, 0.4) is 0 Å². The van der Waals surface area contributed by atoms with Crippen LogP contribution < -0.4 is 0 Å². The molecule has 12 aromatic rings. The molecule has 0 spiro atoms. The summed E-state index contributed by atoms with van der Waals surface area (Å²) in [5, 5.41) is 95.8. The Balaban J connectivity index is 0.000000144. The number of aliphatic hydroxyl groups is 6. The molecule has 0 unspecified atom stereocenters. The molecule has 0 aromatic carbocycles. The maximum Gasteiger partial charge on any atom is 0.0999 e. The number of aliphatic hydroxyl groups excluding tert-OH is 6. The molecule has 0 saturated heterocycles. The average molecular weight is 1190 g/mol. The highest BCUT2D eigenvalue weighted by molar-refractivity contribution is 5.80. The van der Waals surface area contributed by atoms with E-state index in [-0.39, 0.29) is 39.6 Å². The van der Waals surface area contributed by atoms with Gasteiger partial charge in [-0.25, -0.2) is 28.5 Å². The Labute approximate surface area is 501 Å². The topological polar surface area (TPSA) is 319 Å². The Morgan fingerprint density at radius 3 is 0.931 bits per heavy atom. The van der Waals surface area contributed by atoms with Gasteiger partial charge in [-0.3, -0.25) is 28.1 Å². The SMILES string of the molecule is CCC(CC)n1cc(-c2nc(-c3cnn(C(CO)CO)c3)cn3nccc23)cn1.CCC(CC)n1cc(-c2nc(-c3cnn(C(CO)CO)c3)cn3nccc23)cn1.CCC(CC)n1cc(-c2nc(-c3cnn(C[C@@H](O)CO)c3)cn3nccc23)cn1. The normalized spacial score (nSPS) is 12.2. The van der Waals surface area contributed by atoms with Crippen molar-refractivity contribution in [2.24, 2.45) is 0 Å². The molecule has 12 aromatic heterocycles. The van der Waals surface area contributed by atoms with Crippen LogP contribution in [-0.4, -0.2) is 172 Å². The Bertz CT molecular complexity index is 3930. The Kier molecular flexibility index (Phi) is 19.6. The van der Waals surface area contributed by atoms with Crippen molar-refractivity contribution in [3.63, 3.8) is 0 Å². The molecule has 0 aliphatic rings. The number of hydrogen-bond acceptors (Lipinski definition) is 18. The van der Waals surface area contributed by atoms with Crippen molar-refractivity contribution >= 4 is 16.6 Å². The Morgan fingerprint density at radius 2 is 0.621 bits per heavy atom. The molecule has 0 radical (unpaired) electrons. The number of aromatic nitrogens is 21. The van der Waals surface area contributed by atoms with Crippen molar-refractivity contribution < 1.29 is 30.6 Å². The summed E-state index contributed by atoms with van der Waals surface area (Å²) in [6.07, 6.45) is 38.1. The van der Waals surface area contributed by atoms with Crippen LogP contribution in [0.4, 0.5) is 0 Å². The number of fused-ring (bicyclic) bond motifs is 3. The van der Waals surface area contributed by atoms with Gasteiger partial charge in [-0.2, -0.15) is 45.9 Å². The number of rotatable bonds is 24. The first-order chi connectivity index (χ1) is 42.5. The van der Waals surface area contributed by atoms with Gasteiger partial charge in [0.15, 0.2) is 0 Å². The zero-order valence-electron chi connectivity index (χ0n) is 49.6. The minimum atomic E-state index is -0.851. The highest BCUT2D eigenvalue weighted by atomic mass is 16.3. The molecule has 87 heavy (non-hydrogen) atoms. The molecule has 0 aliphatic carbocycles. The van der Waals surface area contributed by atoms with Gasteiger partial charge in [-0.05, 0) is 56.7 Å². The second kappa shape index (κ2) is 27.9. The van der Waals surface area contributed by atoms with E-state index in [4.69, 9.17) is 20.1 Å². The van der Waals surface area contributed by atoms with Gasteiger partial charge in [-0.1, -0.05) is 41.5 Å². The lowest BCUT2D eigenvalue weighted by atomic mass is 10.1. The molecule has 6 N–H and O–H groups in total. The monoisotopic (exact) mass is 1190 g/mol. The number of nitrogens with zero attached hydrogens (tertiary/aromatic N) is 21. The van der Waals surface area contributed by atoms with Crippen LogP contribution in [0, 0.1) is 0 Å². The van der Waals surface area contributed by atoms with Crippen molar-refractivity contribution in [1.82, 2.24) is 102 Å². The molecule has 27 nitrogen and oxygen atoms in total. The van der Waals surface area contributed by atoms with Gasteiger partial charge < -0.3 is 30.6 Å². The summed E-state index contributed by atoms with van der Waals surface area (Å²) in [5.74, 6) is 0. The molecule has 0 fully saturated rings. The predicted octanol–water partition coefficient (Wildman–Crippen LogP) is 6.86. The second-order valence-corrected chi connectivity index (χ2v) is 21.2. The van der Waals surface area contributed by atoms with Crippen LogP contribution in [-0.2, 0) is 6.54 Å². The molecule has 0 amide bonds. The van der Waals surface area contributed by atoms with Gasteiger partial charge in [0.05, 0.1) is 201 Å². The lowest BCUT2D eigenvalue weighted by molar-refractivity contribution is 0.0783. The summed E-state index contributed by atoms with van der Waals surface area (Å²) >= 11 is 0. The fourth-order valence-corrected chi connectivity index (χ4v) is 10.5. The first kappa shape index (κ1) is 61.0. The van der Waals surface area contributed by atoms with E-state index in [9.17, 15) is 25.5 Å². The van der Waals surface area contributed by atoms with Gasteiger partial charge in [0.25, 0.3) is 0 Å². The van der Waals surface area contributed by atoms with E-state index in [1.807, 2.05) is 88.0 Å². The molecule has 0 saturated carbocycles. The standard InChI is InChI=1S/3C20H25N7O2/c2*1-3-16(4-2)25-10-15(8-23-25)20-19-5-6-21-27(19)11-18(24-20)14-7-22-26(9-14)17(12-28)13-29;1-3-16(4-2)26-10-15(8-23-26)20-19-5-6-21-27(19)12-18(24-20)14-7-22-25(9-14)11-17(29)13-28/h2*5-11,16-17,28-29H,3-4,12-13H2,1-2H3;5-10,12,16-17,28-29H,3-4,11,13H2,1-2H3/t;;17-/m..1/s1. The summed E-state index contributed by atoms with van der Waals surface area (Å²) in [6.45, 7) is 12.1. The summed E-state index contributed by atoms with van der Waals surface area (Å²) < 4.78 is 16.1. The van der Waals surface area contributed by atoms with Gasteiger partial charge in [0, 0.05) is 70.6 Å². The molecule has 1 atom stereocenters. The van der Waals surface area contributed by atoms with Crippen LogP contribution in [0.15, 0.2) is 130 Å². The number of hydrogen-bond donors (Lipinski definition) is 6. The minimum absolute atomic E-state index is 0.191. The third kappa shape index (κ3) is 13.2. The van der Waals surface area contributed by atoms with Gasteiger partial charge in [-0.15, -0.1) is 0 Å². The van der Waals surface area contributed by atoms with Crippen LogP contribution in [0.1, 0.15) is 110 Å². The van der Waals surface area contributed by atoms with Crippen LogP contribution in [0.5, 0.6) is 0 Å². The predicted molar refractivity (Wildman–Crippen MR) is 325 cm³/mol. The van der Waals surface area contributed by atoms with Crippen molar-refractivity contribution in [1.29, 1.82) is 0 Å². The lowest BCUT2D eigenvalue weighted by Crippen LogP contribution is -2.19. The maximum atomic E-state index is 9.64. The molecular weight excluding hydrogens is 1110 g/mol. The highest BCUT2D eigenvalue weighted by Gasteiger charge is 2.21. The van der Waals surface area contributed by atoms with Crippen molar-refractivity contribution in [2.75, 3.05) is 33.0 Å². The minimum Gasteiger partial charge on any atom is -0.394 e. The summed E-state index contributed by atoms with van der Waals surface area (Å²) in [4.78, 5) is 14.6. The largest absolute Gasteiger partial charge is 0.394 e. The fraction of sp³-hybridized carbons (Fsp3) is 0.400. The third-order valence-electron chi connectivity index (χ3n) is 15.7. The molecule has 456 valence electrons. The first-order valence-electron chi connectivity index (χ1n) is 29.5. The summed E-state index contributed by atoms with van der Waals surface area (Å²) in [7, 11) is 0. The summed E-state index contributed by atoms with van der Waals surface area (Å²) in [6, 6.07) is 5.92. The quantitative estimate of drug-likeness (QED) is 0.0360. The van der Waals surface area contributed by atoms with Gasteiger partial charge in [0.1, 0.15) is 0 Å². The van der Waals surface area contributed by atoms with Crippen LogP contribution >= 0.6 is 0 Å². The van der Waals surface area contributed by atoms with E-state index in [1.165, 1.54) is 0 Å². The Hall–Kier alpha value is -9.12. The van der Waals surface area contributed by atoms with E-state index in [1.54, 1.807) is 83.4 Å². The third-order valence-corrected chi connectivity index (χ3v) is 15.7. The maximum absolute atomic E-state index is 9.64. The van der Waals surface area contributed by atoms with Crippen LogP contribution in [0.25, 0.3) is 84.1 Å². The zero-order valence-corrected chi connectivity index (χ0v) is 49.6.